The highest BCUT2D eigenvalue weighted by molar-refractivity contribution is 7.89. The number of halogens is 1. The van der Waals surface area contributed by atoms with Crippen molar-refractivity contribution in [2.24, 2.45) is 0 Å². The highest BCUT2D eigenvalue weighted by Crippen LogP contribution is 2.24. The lowest BCUT2D eigenvalue weighted by Gasteiger charge is -2.13. The molecule has 0 fully saturated rings. The number of amides is 1. The monoisotopic (exact) mass is 472 g/mol. The van der Waals surface area contributed by atoms with E-state index in [1.54, 1.807) is 42.5 Å². The van der Waals surface area contributed by atoms with E-state index in [0.29, 0.717) is 22.0 Å². The Labute approximate surface area is 191 Å². The highest BCUT2D eigenvalue weighted by Gasteiger charge is 2.18. The van der Waals surface area contributed by atoms with Gasteiger partial charge in [0.1, 0.15) is 5.75 Å². The van der Waals surface area contributed by atoms with E-state index in [1.807, 2.05) is 0 Å². The summed E-state index contributed by atoms with van der Waals surface area (Å²) in [5.41, 5.74) is 1.04. The smallest absolute Gasteiger partial charge is 0.262 e. The Hall–Kier alpha value is -3.20. The fraction of sp³-hybridized carbons (Fsp3) is 0.130. The molecule has 9 heteroatoms. The topological polar surface area (TPSA) is 92.8 Å². The number of nitrogens with zero attached hydrogens (tertiary/aromatic N) is 1. The normalized spacial score (nSPS) is 11.2. The van der Waals surface area contributed by atoms with Gasteiger partial charge in [-0.25, -0.2) is 12.7 Å². The summed E-state index contributed by atoms with van der Waals surface area (Å²) in [5, 5.41) is 3.03. The molecular formula is C23H21ClN2O5S. The molecule has 0 aliphatic rings. The van der Waals surface area contributed by atoms with Crippen LogP contribution in [-0.4, -0.2) is 45.1 Å². The Morgan fingerprint density at radius 2 is 1.62 bits per heavy atom. The molecule has 0 bridgehead atoms. The van der Waals surface area contributed by atoms with Gasteiger partial charge in [0.05, 0.1) is 10.6 Å². The minimum Gasteiger partial charge on any atom is -0.484 e. The molecule has 0 heterocycles. The standard InChI is InChI=1S/C23H21ClN2O5S/c1-26(2)32(29,30)19-11-9-18(10-12-19)31-15-22(27)25-21-13-8-17(24)14-20(21)23(28)16-6-4-3-5-7-16/h3-14H,15H2,1-2H3,(H,25,27). The van der Waals surface area contributed by atoms with Gasteiger partial charge in [0.15, 0.2) is 12.4 Å². The van der Waals surface area contributed by atoms with Crippen molar-refractivity contribution in [1.82, 2.24) is 4.31 Å². The van der Waals surface area contributed by atoms with Gasteiger partial charge >= 0.3 is 0 Å². The molecule has 3 aromatic carbocycles. The second-order valence-corrected chi connectivity index (χ2v) is 9.57. The van der Waals surface area contributed by atoms with Crippen LogP contribution < -0.4 is 10.1 Å². The first-order chi connectivity index (χ1) is 15.2. The summed E-state index contributed by atoms with van der Waals surface area (Å²) < 4.78 is 30.8. The lowest BCUT2D eigenvalue weighted by Crippen LogP contribution is -2.22. The summed E-state index contributed by atoms with van der Waals surface area (Å²) in [7, 11) is -0.665. The SMILES string of the molecule is CN(C)S(=O)(=O)c1ccc(OCC(=O)Nc2ccc(Cl)cc2C(=O)c2ccccc2)cc1. The average molecular weight is 473 g/mol. The summed E-state index contributed by atoms with van der Waals surface area (Å²) in [6.45, 7) is -0.332. The fourth-order valence-electron chi connectivity index (χ4n) is 2.81. The molecule has 0 saturated heterocycles. The van der Waals surface area contributed by atoms with Crippen molar-refractivity contribution in [2.75, 3.05) is 26.0 Å². The molecule has 0 spiro atoms. The maximum absolute atomic E-state index is 12.8. The van der Waals surface area contributed by atoms with Crippen LogP contribution in [0.3, 0.4) is 0 Å². The fourth-order valence-corrected chi connectivity index (χ4v) is 3.89. The van der Waals surface area contributed by atoms with Gasteiger partial charge in [-0.2, -0.15) is 0 Å². The molecule has 0 aliphatic carbocycles. The number of anilines is 1. The molecule has 0 saturated carbocycles. The van der Waals surface area contributed by atoms with Crippen LogP contribution in [0.25, 0.3) is 0 Å². The molecule has 0 radical (unpaired) electrons. The maximum atomic E-state index is 12.8. The van der Waals surface area contributed by atoms with Crippen LogP contribution in [0.1, 0.15) is 15.9 Å². The van der Waals surface area contributed by atoms with Crippen molar-refractivity contribution >= 4 is 39.0 Å². The molecule has 7 nitrogen and oxygen atoms in total. The van der Waals surface area contributed by atoms with Crippen molar-refractivity contribution < 1.29 is 22.7 Å². The summed E-state index contributed by atoms with van der Waals surface area (Å²) in [4.78, 5) is 25.4. The highest BCUT2D eigenvalue weighted by atomic mass is 35.5. The number of hydrogen-bond donors (Lipinski definition) is 1. The first-order valence-corrected chi connectivity index (χ1v) is 11.3. The molecule has 0 aliphatic heterocycles. The van der Waals surface area contributed by atoms with Gasteiger partial charge in [0.25, 0.3) is 5.91 Å². The van der Waals surface area contributed by atoms with Gasteiger partial charge in [-0.05, 0) is 42.5 Å². The van der Waals surface area contributed by atoms with Gasteiger partial charge in [-0.15, -0.1) is 0 Å². The number of benzene rings is 3. The summed E-state index contributed by atoms with van der Waals surface area (Å²) in [5.74, 6) is -0.434. The van der Waals surface area contributed by atoms with E-state index in [4.69, 9.17) is 16.3 Å². The van der Waals surface area contributed by atoms with Gasteiger partial charge in [0.2, 0.25) is 10.0 Å². The molecule has 0 unspecified atom stereocenters. The van der Waals surface area contributed by atoms with E-state index >= 15 is 0 Å². The van der Waals surface area contributed by atoms with Crippen LogP contribution in [0.2, 0.25) is 5.02 Å². The van der Waals surface area contributed by atoms with Crippen molar-refractivity contribution in [1.29, 1.82) is 0 Å². The quantitative estimate of drug-likeness (QED) is 0.503. The Morgan fingerprint density at radius 3 is 2.25 bits per heavy atom. The Bertz CT molecular complexity index is 1230. The lowest BCUT2D eigenvalue weighted by atomic mass is 10.0. The lowest BCUT2D eigenvalue weighted by molar-refractivity contribution is -0.118. The first kappa shape index (κ1) is 23.5. The average Bonchev–Trinajstić information content (AvgIpc) is 2.79. The second-order valence-electron chi connectivity index (χ2n) is 6.98. The summed E-state index contributed by atoms with van der Waals surface area (Å²) in [6.07, 6.45) is 0. The van der Waals surface area contributed by atoms with E-state index in [0.717, 1.165) is 4.31 Å². The van der Waals surface area contributed by atoms with Crippen molar-refractivity contribution in [2.45, 2.75) is 4.90 Å². The van der Waals surface area contributed by atoms with Crippen molar-refractivity contribution in [3.8, 4) is 5.75 Å². The minimum atomic E-state index is -3.55. The van der Waals surface area contributed by atoms with E-state index in [9.17, 15) is 18.0 Å². The van der Waals surface area contributed by atoms with Crippen LogP contribution in [-0.2, 0) is 14.8 Å². The molecule has 1 amide bonds. The molecule has 166 valence electrons. The third-order valence-corrected chi connectivity index (χ3v) is 6.57. The van der Waals surface area contributed by atoms with Crippen LogP contribution in [0.5, 0.6) is 5.75 Å². The van der Waals surface area contributed by atoms with Gasteiger partial charge in [-0.1, -0.05) is 41.9 Å². The zero-order chi connectivity index (χ0) is 23.3. The zero-order valence-electron chi connectivity index (χ0n) is 17.4. The maximum Gasteiger partial charge on any atom is 0.262 e. The van der Waals surface area contributed by atoms with Crippen molar-refractivity contribution in [3.63, 3.8) is 0 Å². The third kappa shape index (κ3) is 5.53. The van der Waals surface area contributed by atoms with Crippen LogP contribution >= 0.6 is 11.6 Å². The summed E-state index contributed by atoms with van der Waals surface area (Å²) in [6, 6.07) is 19.0. The number of hydrogen-bond acceptors (Lipinski definition) is 5. The molecule has 0 atom stereocenters. The Balaban J connectivity index is 1.69. The van der Waals surface area contributed by atoms with Crippen LogP contribution in [0.4, 0.5) is 5.69 Å². The number of ether oxygens (including phenoxy) is 1. The number of carbonyl (C=O) groups excluding carboxylic acids is 2. The summed E-state index contributed by atoms with van der Waals surface area (Å²) >= 11 is 6.05. The third-order valence-electron chi connectivity index (χ3n) is 4.51. The molecular weight excluding hydrogens is 452 g/mol. The zero-order valence-corrected chi connectivity index (χ0v) is 19.0. The second kappa shape index (κ2) is 9.95. The molecule has 3 rings (SSSR count). The molecule has 32 heavy (non-hydrogen) atoms. The van der Waals surface area contributed by atoms with Gasteiger partial charge in [-0.3, -0.25) is 9.59 Å². The van der Waals surface area contributed by atoms with Gasteiger partial charge in [0, 0.05) is 30.2 Å². The predicted molar refractivity (Wildman–Crippen MR) is 123 cm³/mol. The number of rotatable bonds is 8. The largest absolute Gasteiger partial charge is 0.484 e. The number of sulfonamides is 1. The van der Waals surface area contributed by atoms with Crippen LogP contribution in [0.15, 0.2) is 77.7 Å². The van der Waals surface area contributed by atoms with E-state index in [-0.39, 0.29) is 22.8 Å². The Morgan fingerprint density at radius 1 is 0.969 bits per heavy atom. The Kier molecular flexibility index (Phi) is 7.29. The van der Waals surface area contributed by atoms with Crippen molar-refractivity contribution in [3.05, 3.63) is 88.9 Å². The molecule has 3 aromatic rings. The molecule has 1 N–H and O–H groups in total. The van der Waals surface area contributed by atoms with E-state index in [2.05, 4.69) is 5.32 Å². The number of ketones is 1. The van der Waals surface area contributed by atoms with E-state index < -0.39 is 15.9 Å². The predicted octanol–water partition coefficient (Wildman–Crippen LogP) is 3.84. The van der Waals surface area contributed by atoms with E-state index in [1.165, 1.54) is 44.4 Å². The number of carbonyl (C=O) groups is 2. The minimum absolute atomic E-state index is 0.115. The molecule has 0 aromatic heterocycles. The van der Waals surface area contributed by atoms with Gasteiger partial charge < -0.3 is 10.1 Å². The first-order valence-electron chi connectivity index (χ1n) is 9.53. The number of nitrogens with one attached hydrogen (secondary N) is 1. The van der Waals surface area contributed by atoms with Crippen LogP contribution in [0, 0.1) is 0 Å².